The number of carboxylic acid groups (broad SMARTS) is 3. The third kappa shape index (κ3) is 8.77. The minimum Gasteiger partial charge on any atom is -0.549 e. The number of nitrogens with zero attached hydrogens (tertiary/aromatic N) is 3. The molecular formula is C16H20N3O6-3. The standard InChI is InChI=1S/C16H23N3O6/c1-11-5-12(2)17-13(6-11)7-18(8-14(20)21)3-4-19(9-15(22)23)10-16(24)25/h5-6H,3-4,7-10H2,1-2H3,(H,20,21)(H,22,23)(H,24,25)/p-3. The molecule has 1 rings (SSSR count). The summed E-state index contributed by atoms with van der Waals surface area (Å²) in [5.41, 5.74) is 2.43. The number of pyridine rings is 1. The number of aryl methyl sites for hydroxylation is 2. The third-order valence-electron chi connectivity index (χ3n) is 3.33. The van der Waals surface area contributed by atoms with Gasteiger partial charge < -0.3 is 29.7 Å². The number of carbonyl (C=O) groups excluding carboxylic acids is 3. The molecule has 0 saturated heterocycles. The Kier molecular flexibility index (Phi) is 7.96. The summed E-state index contributed by atoms with van der Waals surface area (Å²) < 4.78 is 0. The molecule has 0 aromatic carbocycles. The van der Waals surface area contributed by atoms with Crippen molar-refractivity contribution in [2.24, 2.45) is 0 Å². The Labute approximate surface area is 145 Å². The molecule has 0 unspecified atom stereocenters. The van der Waals surface area contributed by atoms with Gasteiger partial charge >= 0.3 is 0 Å². The molecule has 25 heavy (non-hydrogen) atoms. The third-order valence-corrected chi connectivity index (χ3v) is 3.33. The Morgan fingerprint density at radius 2 is 1.36 bits per heavy atom. The summed E-state index contributed by atoms with van der Waals surface area (Å²) in [6.45, 7) is 2.48. The molecule has 0 aliphatic carbocycles. The van der Waals surface area contributed by atoms with E-state index in [9.17, 15) is 29.7 Å². The van der Waals surface area contributed by atoms with E-state index >= 15 is 0 Å². The molecule has 0 bridgehead atoms. The SMILES string of the molecule is Cc1cc(C)nc(CN(CCN(CC(=O)[O-])CC(=O)[O-])CC(=O)[O-])c1. The van der Waals surface area contributed by atoms with Crippen LogP contribution in [0, 0.1) is 13.8 Å². The van der Waals surface area contributed by atoms with E-state index in [0.29, 0.717) is 5.69 Å². The van der Waals surface area contributed by atoms with Crippen LogP contribution in [0.2, 0.25) is 0 Å². The molecule has 0 fully saturated rings. The maximum Gasteiger partial charge on any atom is 0.0555 e. The van der Waals surface area contributed by atoms with Crippen molar-refractivity contribution >= 4 is 17.9 Å². The fourth-order valence-electron chi connectivity index (χ4n) is 2.49. The van der Waals surface area contributed by atoms with Gasteiger partial charge in [-0.2, -0.15) is 0 Å². The second kappa shape index (κ2) is 9.70. The molecule has 0 atom stereocenters. The van der Waals surface area contributed by atoms with Gasteiger partial charge in [0, 0.05) is 45.0 Å². The molecule has 9 nitrogen and oxygen atoms in total. The van der Waals surface area contributed by atoms with E-state index in [4.69, 9.17) is 0 Å². The van der Waals surface area contributed by atoms with Crippen molar-refractivity contribution in [3.63, 3.8) is 0 Å². The Morgan fingerprint density at radius 1 is 0.880 bits per heavy atom. The minimum absolute atomic E-state index is 0.0139. The van der Waals surface area contributed by atoms with Gasteiger partial charge in [-0.15, -0.1) is 0 Å². The van der Waals surface area contributed by atoms with Crippen molar-refractivity contribution in [2.75, 3.05) is 32.7 Å². The van der Waals surface area contributed by atoms with Crippen LogP contribution in [0.15, 0.2) is 12.1 Å². The molecule has 1 heterocycles. The Morgan fingerprint density at radius 3 is 1.84 bits per heavy atom. The number of carbonyl (C=O) groups is 3. The molecule has 0 N–H and O–H groups in total. The molecule has 0 amide bonds. The fraction of sp³-hybridized carbons (Fsp3) is 0.500. The second-order valence-electron chi connectivity index (χ2n) is 5.81. The van der Waals surface area contributed by atoms with E-state index in [1.165, 1.54) is 4.90 Å². The number of aromatic nitrogens is 1. The average molecular weight is 350 g/mol. The van der Waals surface area contributed by atoms with E-state index in [1.807, 2.05) is 26.0 Å². The normalized spacial score (nSPS) is 11.0. The zero-order valence-electron chi connectivity index (χ0n) is 14.2. The Hall–Kier alpha value is -2.52. The first-order valence-electron chi connectivity index (χ1n) is 7.64. The van der Waals surface area contributed by atoms with Crippen molar-refractivity contribution in [3.05, 3.63) is 29.1 Å². The van der Waals surface area contributed by atoms with Crippen molar-refractivity contribution in [1.29, 1.82) is 0 Å². The summed E-state index contributed by atoms with van der Waals surface area (Å²) >= 11 is 0. The zero-order chi connectivity index (χ0) is 19.0. The van der Waals surface area contributed by atoms with Gasteiger partial charge in [0.25, 0.3) is 0 Å². The van der Waals surface area contributed by atoms with Gasteiger partial charge in [-0.25, -0.2) is 0 Å². The molecule has 0 saturated carbocycles. The maximum atomic E-state index is 10.9. The summed E-state index contributed by atoms with van der Waals surface area (Å²) in [5, 5.41) is 32.3. The first-order valence-corrected chi connectivity index (χ1v) is 7.64. The molecular weight excluding hydrogens is 330 g/mol. The van der Waals surface area contributed by atoms with Crippen LogP contribution in [-0.4, -0.2) is 65.4 Å². The smallest absolute Gasteiger partial charge is 0.0555 e. The van der Waals surface area contributed by atoms with Gasteiger partial charge in [0.1, 0.15) is 0 Å². The van der Waals surface area contributed by atoms with E-state index in [-0.39, 0.29) is 26.2 Å². The number of aliphatic carboxylic acids is 3. The lowest BCUT2D eigenvalue weighted by Crippen LogP contribution is -2.48. The number of carboxylic acids is 3. The van der Waals surface area contributed by atoms with Gasteiger partial charge in [-0.3, -0.25) is 14.8 Å². The largest absolute Gasteiger partial charge is 0.549 e. The minimum atomic E-state index is -1.43. The van der Waals surface area contributed by atoms with Gasteiger partial charge in [-0.1, -0.05) is 0 Å². The van der Waals surface area contributed by atoms with Gasteiger partial charge in [-0.05, 0) is 31.5 Å². The van der Waals surface area contributed by atoms with Crippen LogP contribution >= 0.6 is 0 Å². The Bertz CT molecular complexity index is 598. The van der Waals surface area contributed by atoms with Crippen molar-refractivity contribution in [3.8, 4) is 0 Å². The quantitative estimate of drug-likeness (QED) is 0.391. The van der Waals surface area contributed by atoms with E-state index < -0.39 is 31.0 Å². The lowest BCUT2D eigenvalue weighted by atomic mass is 10.2. The van der Waals surface area contributed by atoms with E-state index in [1.54, 1.807) is 0 Å². The highest BCUT2D eigenvalue weighted by Crippen LogP contribution is 2.07. The summed E-state index contributed by atoms with van der Waals surface area (Å²) in [7, 11) is 0. The number of hydrogen-bond donors (Lipinski definition) is 0. The Balaban J connectivity index is 2.78. The van der Waals surface area contributed by atoms with Crippen LogP contribution in [0.1, 0.15) is 17.0 Å². The van der Waals surface area contributed by atoms with Crippen LogP contribution in [-0.2, 0) is 20.9 Å². The molecule has 0 aliphatic rings. The first-order chi connectivity index (χ1) is 11.7. The highest BCUT2D eigenvalue weighted by molar-refractivity contribution is 5.70. The summed E-state index contributed by atoms with van der Waals surface area (Å²) in [6, 6.07) is 3.70. The van der Waals surface area contributed by atoms with Crippen molar-refractivity contribution in [2.45, 2.75) is 20.4 Å². The van der Waals surface area contributed by atoms with Crippen molar-refractivity contribution < 1.29 is 29.7 Å². The summed E-state index contributed by atoms with van der Waals surface area (Å²) in [4.78, 5) is 39.2. The van der Waals surface area contributed by atoms with Crippen LogP contribution < -0.4 is 15.3 Å². The monoisotopic (exact) mass is 350 g/mol. The molecule has 138 valence electrons. The van der Waals surface area contributed by atoms with Gasteiger partial charge in [0.05, 0.1) is 23.6 Å². The fourth-order valence-corrected chi connectivity index (χ4v) is 2.49. The van der Waals surface area contributed by atoms with E-state index in [0.717, 1.165) is 16.2 Å². The van der Waals surface area contributed by atoms with Gasteiger partial charge in [0.15, 0.2) is 0 Å². The highest BCUT2D eigenvalue weighted by atomic mass is 16.4. The number of rotatable bonds is 11. The molecule has 1 aromatic heterocycles. The number of hydrogen-bond acceptors (Lipinski definition) is 9. The summed E-state index contributed by atoms with van der Waals surface area (Å²) in [5.74, 6) is -4.15. The van der Waals surface area contributed by atoms with Crippen LogP contribution in [0.4, 0.5) is 0 Å². The van der Waals surface area contributed by atoms with Crippen LogP contribution in [0.25, 0.3) is 0 Å². The molecule has 0 spiro atoms. The molecule has 0 radical (unpaired) electrons. The van der Waals surface area contributed by atoms with Crippen molar-refractivity contribution in [1.82, 2.24) is 14.8 Å². The molecule has 1 aromatic rings. The topological polar surface area (TPSA) is 140 Å². The molecule has 9 heteroatoms. The lowest BCUT2D eigenvalue weighted by molar-refractivity contribution is -0.311. The van der Waals surface area contributed by atoms with Crippen LogP contribution in [0.3, 0.4) is 0 Å². The van der Waals surface area contributed by atoms with Gasteiger partial charge in [0.2, 0.25) is 0 Å². The second-order valence-corrected chi connectivity index (χ2v) is 5.81. The highest BCUT2D eigenvalue weighted by Gasteiger charge is 2.12. The predicted molar refractivity (Wildman–Crippen MR) is 80.4 cm³/mol. The zero-order valence-corrected chi connectivity index (χ0v) is 14.2. The average Bonchev–Trinajstić information content (AvgIpc) is 2.41. The lowest BCUT2D eigenvalue weighted by Gasteiger charge is -2.28. The predicted octanol–water partition coefficient (Wildman–Crippen LogP) is -3.95. The summed E-state index contributed by atoms with van der Waals surface area (Å²) in [6.07, 6.45) is 0. The maximum absolute atomic E-state index is 10.9. The van der Waals surface area contributed by atoms with Crippen LogP contribution in [0.5, 0.6) is 0 Å². The first kappa shape index (κ1) is 20.5. The van der Waals surface area contributed by atoms with E-state index in [2.05, 4.69) is 4.98 Å². The molecule has 0 aliphatic heterocycles.